The zero-order chi connectivity index (χ0) is 36.3. The maximum atomic E-state index is 15.2. The number of rotatable bonds is 6. The lowest BCUT2D eigenvalue weighted by Crippen LogP contribution is -2.51. The molecule has 0 saturated heterocycles. The first-order valence-corrected chi connectivity index (χ1v) is 18.8. The quantitative estimate of drug-likeness (QED) is 0.0653. The van der Waals surface area contributed by atoms with Crippen molar-refractivity contribution < 1.29 is 49.6 Å². The summed E-state index contributed by atoms with van der Waals surface area (Å²) in [5.74, 6) is -14.9. The third kappa shape index (κ3) is 4.89. The zero-order valence-electron chi connectivity index (χ0n) is 27.5. The van der Waals surface area contributed by atoms with E-state index in [0.717, 1.165) is 60.8 Å². The van der Waals surface area contributed by atoms with E-state index in [1.165, 1.54) is 0 Å². The lowest BCUT2D eigenvalue weighted by molar-refractivity contribution is -0.161. The van der Waals surface area contributed by atoms with Crippen LogP contribution in [0.1, 0.15) is 84.1 Å². The van der Waals surface area contributed by atoms with Gasteiger partial charge in [-0.1, -0.05) is 66.7 Å². The molecule has 4 aromatic carbocycles. The van der Waals surface area contributed by atoms with Crippen molar-refractivity contribution in [1.29, 1.82) is 0 Å². The normalized spacial score (nSPS) is 29.4. The fourth-order valence-corrected chi connectivity index (χ4v) is 11.4. The molecule has 268 valence electrons. The number of hydrogen-bond acceptors (Lipinski definition) is 7. The van der Waals surface area contributed by atoms with Crippen LogP contribution in [0.25, 0.3) is 0 Å². The van der Waals surface area contributed by atoms with E-state index >= 15 is 8.78 Å². The van der Waals surface area contributed by atoms with Crippen LogP contribution in [0.5, 0.6) is 11.5 Å². The minimum Gasteiger partial charge on any atom is -0.744 e. The molecular formula is C40H31F4O7S-. The largest absolute Gasteiger partial charge is 0.744 e. The van der Waals surface area contributed by atoms with Crippen LogP contribution >= 0.6 is 0 Å². The van der Waals surface area contributed by atoms with Crippen LogP contribution in [-0.4, -0.2) is 24.9 Å². The maximum Gasteiger partial charge on any atom is 0.317 e. The molecule has 12 heteroatoms. The van der Waals surface area contributed by atoms with Crippen molar-refractivity contribution in [3.8, 4) is 11.5 Å². The Bertz CT molecular complexity index is 2190. The van der Waals surface area contributed by atoms with Crippen molar-refractivity contribution in [3.05, 3.63) is 124 Å². The second-order valence-corrected chi connectivity index (χ2v) is 16.5. The molecule has 0 aromatic heterocycles. The Kier molecular flexibility index (Phi) is 7.51. The van der Waals surface area contributed by atoms with Crippen LogP contribution in [0.3, 0.4) is 0 Å². The Hall–Kier alpha value is -4.55. The van der Waals surface area contributed by atoms with E-state index in [9.17, 15) is 31.3 Å². The van der Waals surface area contributed by atoms with E-state index in [1.807, 2.05) is 36.4 Å². The lowest BCUT2D eigenvalue weighted by Gasteiger charge is -2.55. The third-order valence-electron chi connectivity index (χ3n) is 12.3. The summed E-state index contributed by atoms with van der Waals surface area (Å²) in [6.45, 7) is 0. The molecule has 2 unspecified atom stereocenters. The second-order valence-electron chi connectivity index (χ2n) is 15.2. The van der Waals surface area contributed by atoms with E-state index < -0.39 is 79.1 Å². The van der Waals surface area contributed by atoms with E-state index in [2.05, 4.69) is 0 Å². The van der Waals surface area contributed by atoms with Crippen molar-refractivity contribution in [3.63, 3.8) is 0 Å². The highest BCUT2D eigenvalue weighted by Gasteiger charge is 2.57. The summed E-state index contributed by atoms with van der Waals surface area (Å²) in [5.41, 5.74) is 3.09. The average Bonchev–Trinajstić information content (AvgIpc) is 3.11. The predicted octanol–water partition coefficient (Wildman–Crippen LogP) is 7.87. The second kappa shape index (κ2) is 11.7. The van der Waals surface area contributed by atoms with E-state index in [-0.39, 0.29) is 11.7 Å². The molecule has 4 saturated carbocycles. The monoisotopic (exact) mass is 731 g/mol. The molecule has 2 atom stereocenters. The predicted molar refractivity (Wildman–Crippen MR) is 175 cm³/mol. The average molecular weight is 732 g/mol. The molecule has 4 fully saturated rings. The molecule has 7 aliphatic rings. The minimum atomic E-state index is -5.99. The van der Waals surface area contributed by atoms with Gasteiger partial charge in [0, 0.05) is 17.8 Å². The van der Waals surface area contributed by atoms with Gasteiger partial charge in [0.1, 0.15) is 20.8 Å². The number of carbonyl (C=O) groups is 2. The van der Waals surface area contributed by atoms with E-state index in [1.54, 1.807) is 36.4 Å². The number of halogens is 4. The first-order chi connectivity index (χ1) is 24.9. The van der Waals surface area contributed by atoms with Gasteiger partial charge in [0.15, 0.2) is 11.6 Å². The Morgan fingerprint density at radius 3 is 1.56 bits per heavy atom. The summed E-state index contributed by atoms with van der Waals surface area (Å²) in [6, 6.07) is 21.6. The molecule has 0 spiro atoms. The third-order valence-corrected chi connectivity index (χ3v) is 13.2. The molecule has 0 heterocycles. The van der Waals surface area contributed by atoms with Gasteiger partial charge in [0.2, 0.25) is 17.4 Å². The van der Waals surface area contributed by atoms with Gasteiger partial charge in [-0.05, 0) is 90.2 Å². The van der Waals surface area contributed by atoms with Crippen molar-refractivity contribution in [2.24, 2.45) is 29.1 Å². The smallest absolute Gasteiger partial charge is 0.317 e. The van der Waals surface area contributed by atoms with Gasteiger partial charge in [-0.15, -0.1) is 0 Å². The highest BCUT2D eigenvalue weighted by molar-refractivity contribution is 7.85. The number of benzene rings is 4. The van der Waals surface area contributed by atoms with Gasteiger partial charge in [-0.3, -0.25) is 9.59 Å². The van der Waals surface area contributed by atoms with Crippen molar-refractivity contribution >= 4 is 22.1 Å². The molecule has 0 radical (unpaired) electrons. The standard InChI is InChI=1S/C40H32F4O7S/c41-32-34(43)37(52(47,48)49)35(44)33(42)36(32)51-38(45)31-29-24-9-3-1-7-22(24)28(23-8-2-4-10-25(23)29)30(31)26-11-5-6-12-27(26)50-39(46)40-16-19-13-20(17-40)15-21(14-19)18-40/h1-12,19-21,28-31H,13-18H2,(H,47,48,49)/p-1. The molecule has 7 aliphatic carbocycles. The number of fused-ring (bicyclic) bond motifs is 1. The zero-order valence-corrected chi connectivity index (χ0v) is 28.3. The fourth-order valence-electron chi connectivity index (χ4n) is 10.8. The Morgan fingerprint density at radius 2 is 1.08 bits per heavy atom. The van der Waals surface area contributed by atoms with Crippen LogP contribution in [0.2, 0.25) is 0 Å². The summed E-state index contributed by atoms with van der Waals surface area (Å²) in [4.78, 5) is 26.3. The molecule has 0 aliphatic heterocycles. The van der Waals surface area contributed by atoms with Gasteiger partial charge in [-0.2, -0.15) is 8.78 Å². The number of para-hydroxylation sites is 1. The summed E-state index contributed by atoms with van der Waals surface area (Å²) in [6.07, 6.45) is 5.67. The SMILES string of the molecule is O=C(Oc1c(F)c(F)c(S(=O)(=O)[O-])c(F)c1F)C1C2c3ccccc3C(c3ccccc32)C1c1ccccc1OC(=O)C12CC3CC(CC(C3)C1)C2. The van der Waals surface area contributed by atoms with Gasteiger partial charge >= 0.3 is 11.9 Å². The van der Waals surface area contributed by atoms with Crippen LogP contribution in [0.15, 0.2) is 77.7 Å². The first kappa shape index (κ1) is 33.3. The van der Waals surface area contributed by atoms with Crippen molar-refractivity contribution in [1.82, 2.24) is 0 Å². The van der Waals surface area contributed by atoms with E-state index in [0.29, 0.717) is 23.3 Å². The van der Waals surface area contributed by atoms with Crippen LogP contribution in [0, 0.1) is 52.4 Å². The molecule has 11 rings (SSSR count). The van der Waals surface area contributed by atoms with Gasteiger partial charge in [-0.25, -0.2) is 17.2 Å². The molecule has 4 aromatic rings. The minimum absolute atomic E-state index is 0.230. The van der Waals surface area contributed by atoms with Crippen LogP contribution < -0.4 is 9.47 Å². The molecule has 0 N–H and O–H groups in total. The summed E-state index contributed by atoms with van der Waals surface area (Å²) in [5, 5.41) is 0. The topological polar surface area (TPSA) is 110 Å². The van der Waals surface area contributed by atoms with Gasteiger partial charge in [0.25, 0.3) is 0 Å². The Labute approximate surface area is 296 Å². The summed E-state index contributed by atoms with van der Waals surface area (Å²) in [7, 11) is -5.99. The number of carbonyl (C=O) groups excluding carboxylic acids is 2. The number of hydrogen-bond donors (Lipinski definition) is 0. The van der Waals surface area contributed by atoms with Crippen molar-refractivity contribution in [2.75, 3.05) is 0 Å². The highest BCUT2D eigenvalue weighted by Crippen LogP contribution is 2.64. The highest BCUT2D eigenvalue weighted by atomic mass is 32.2. The molecular weight excluding hydrogens is 700 g/mol. The summed E-state index contributed by atoms with van der Waals surface area (Å²) >= 11 is 0. The van der Waals surface area contributed by atoms with Gasteiger partial charge < -0.3 is 14.0 Å². The van der Waals surface area contributed by atoms with Crippen LogP contribution in [-0.2, 0) is 19.7 Å². The summed E-state index contributed by atoms with van der Waals surface area (Å²) < 4.78 is 106. The first-order valence-electron chi connectivity index (χ1n) is 17.4. The molecule has 52 heavy (non-hydrogen) atoms. The van der Waals surface area contributed by atoms with Gasteiger partial charge in [0.05, 0.1) is 11.3 Å². The number of ether oxygens (including phenoxy) is 2. The lowest BCUT2D eigenvalue weighted by atomic mass is 9.49. The number of esters is 2. The molecule has 7 nitrogen and oxygen atoms in total. The fraction of sp³-hybridized carbons (Fsp3) is 0.350. The Morgan fingerprint density at radius 1 is 0.635 bits per heavy atom. The maximum absolute atomic E-state index is 15.2. The van der Waals surface area contributed by atoms with E-state index in [4.69, 9.17) is 9.47 Å². The molecule has 6 bridgehead atoms. The Balaban J connectivity index is 1.17. The van der Waals surface area contributed by atoms with Crippen LogP contribution in [0.4, 0.5) is 17.6 Å². The van der Waals surface area contributed by atoms with Crippen molar-refractivity contribution in [2.45, 2.75) is 61.2 Å². The molecule has 0 amide bonds.